The van der Waals surface area contributed by atoms with Gasteiger partial charge in [0.05, 0.1) is 18.6 Å². The number of rotatable bonds is 28. The van der Waals surface area contributed by atoms with Gasteiger partial charge in [-0.05, 0) is 38.5 Å². The van der Waals surface area contributed by atoms with Gasteiger partial charge in [-0.3, -0.25) is 44.4 Å². The van der Waals surface area contributed by atoms with E-state index in [1.54, 1.807) is 0 Å². The lowest BCUT2D eigenvalue weighted by Crippen LogP contribution is -2.60. The summed E-state index contributed by atoms with van der Waals surface area (Å²) in [6.07, 6.45) is 0.0287. The second kappa shape index (κ2) is 25.5. The number of nitrogens with two attached hydrogens (primary N) is 3. The van der Waals surface area contributed by atoms with E-state index in [4.69, 9.17) is 28.0 Å². The number of carboxylic acids is 3. The van der Waals surface area contributed by atoms with Crippen LogP contribution in [-0.4, -0.2) is 146 Å². The molecule has 0 spiro atoms. The molecule has 0 aliphatic rings. The summed E-state index contributed by atoms with van der Waals surface area (Å²) in [6, 6.07) is -9.20. The molecule has 57 heavy (non-hydrogen) atoms. The van der Waals surface area contributed by atoms with Gasteiger partial charge in [-0.1, -0.05) is 0 Å². The fourth-order valence-electron chi connectivity index (χ4n) is 4.93. The number of amides is 5. The Morgan fingerprint density at radius 3 is 1.46 bits per heavy atom. The van der Waals surface area contributed by atoms with Crippen molar-refractivity contribution >= 4 is 59.4 Å². The number of imidazole rings is 1. The van der Waals surface area contributed by atoms with Crippen LogP contribution in [0.4, 0.5) is 0 Å². The minimum Gasteiger partial charge on any atom is -0.481 e. The van der Waals surface area contributed by atoms with Crippen molar-refractivity contribution in [1.82, 2.24) is 47.2 Å². The number of aromatic amines is 1. The summed E-state index contributed by atoms with van der Waals surface area (Å²) >= 11 is 0. The number of carbonyl (C=O) groups excluding carboxylic acids is 5. The highest BCUT2D eigenvalue weighted by Gasteiger charge is 2.33. The number of carbonyl (C=O) groups is 8. The summed E-state index contributed by atoms with van der Waals surface area (Å²) in [6.45, 7) is -0.628. The van der Waals surface area contributed by atoms with E-state index in [2.05, 4.69) is 47.2 Å². The van der Waals surface area contributed by atoms with Crippen molar-refractivity contribution in [1.29, 1.82) is 10.8 Å². The Balaban J connectivity index is 3.39. The van der Waals surface area contributed by atoms with Gasteiger partial charge >= 0.3 is 17.9 Å². The SMILES string of the molecule is N=C(N)NCCC[C@H](NC(=O)[C@H](CCCNC(=N)N)NC(=O)[C@H](CCC(=O)O)NC(=O)[C@H](Cc1c[nH]cn1)NC(=O)[C@H](CCC(=O)O)NC(=O)[C@@H](N)CO)C(=O)O. The van der Waals surface area contributed by atoms with Gasteiger partial charge < -0.3 is 79.8 Å². The topological polar surface area (TPSA) is 456 Å². The summed E-state index contributed by atoms with van der Waals surface area (Å²) in [5, 5.41) is 68.8. The number of nitrogens with one attached hydrogen (secondary N) is 10. The highest BCUT2D eigenvalue weighted by atomic mass is 16.4. The van der Waals surface area contributed by atoms with E-state index in [1.807, 2.05) is 0 Å². The molecule has 1 heterocycles. The first-order chi connectivity index (χ1) is 26.8. The molecule has 1 aromatic heterocycles. The molecular weight excluding hydrogens is 760 g/mol. The zero-order valence-corrected chi connectivity index (χ0v) is 30.8. The summed E-state index contributed by atoms with van der Waals surface area (Å²) in [5.41, 5.74) is 16.3. The van der Waals surface area contributed by atoms with Crippen LogP contribution in [0.2, 0.25) is 0 Å². The number of nitrogens with zero attached hydrogens (tertiary/aromatic N) is 1. The van der Waals surface area contributed by atoms with Crippen LogP contribution in [0.1, 0.15) is 57.1 Å². The van der Waals surface area contributed by atoms with Crippen LogP contribution in [0.3, 0.4) is 0 Å². The molecule has 5 amide bonds. The summed E-state index contributed by atoms with van der Waals surface area (Å²) in [4.78, 5) is 108. The van der Waals surface area contributed by atoms with E-state index in [1.165, 1.54) is 12.5 Å². The predicted octanol–water partition coefficient (Wildman–Crippen LogP) is -5.96. The monoisotopic (exact) mass is 812 g/mol. The Hall–Kier alpha value is -6.57. The van der Waals surface area contributed by atoms with Gasteiger partial charge in [0.2, 0.25) is 29.5 Å². The predicted molar refractivity (Wildman–Crippen MR) is 197 cm³/mol. The number of aliphatic hydroxyl groups is 1. The number of H-pyrrole nitrogens is 1. The third kappa shape index (κ3) is 20.1. The standard InChI is InChI=1S/C31H52N14O12/c32-16(13-46)24(51)41-18(5-7-22(47)48)27(54)45-21(11-15-12-37-14-40-15)28(55)43-19(6-8-23(49)50)26(53)42-17(3-1-9-38-30(33)34)25(52)44-20(29(56)57)4-2-10-39-31(35)36/h12,14,16-21,46H,1-11,13,32H2,(H,37,40)(H,41,51)(H,42,53)(H,43,55)(H,44,52)(H,45,54)(H,47,48)(H,49,50)(H,56,57)(H4,33,34,38)(H4,35,36,39)/t16-,17-,18-,19-,20-,21-/m0/s1. The molecule has 26 heteroatoms. The van der Waals surface area contributed by atoms with Crippen molar-refractivity contribution in [2.75, 3.05) is 19.7 Å². The van der Waals surface area contributed by atoms with Gasteiger partial charge in [0.15, 0.2) is 11.9 Å². The van der Waals surface area contributed by atoms with E-state index in [-0.39, 0.29) is 62.8 Å². The quantitative estimate of drug-likeness (QED) is 0.0213. The van der Waals surface area contributed by atoms with Crippen LogP contribution in [0.5, 0.6) is 0 Å². The Morgan fingerprint density at radius 2 is 1.05 bits per heavy atom. The van der Waals surface area contributed by atoms with Crippen molar-refractivity contribution in [3.8, 4) is 0 Å². The van der Waals surface area contributed by atoms with Gasteiger partial charge in [0.25, 0.3) is 0 Å². The van der Waals surface area contributed by atoms with Gasteiger partial charge in [0.1, 0.15) is 36.3 Å². The van der Waals surface area contributed by atoms with Crippen molar-refractivity contribution in [3.05, 3.63) is 18.2 Å². The van der Waals surface area contributed by atoms with Crippen LogP contribution in [0.25, 0.3) is 0 Å². The lowest BCUT2D eigenvalue weighted by Gasteiger charge is -2.27. The van der Waals surface area contributed by atoms with E-state index >= 15 is 0 Å². The highest BCUT2D eigenvalue weighted by Crippen LogP contribution is 2.08. The second-order valence-corrected chi connectivity index (χ2v) is 12.5. The molecule has 0 radical (unpaired) electrons. The second-order valence-electron chi connectivity index (χ2n) is 12.5. The van der Waals surface area contributed by atoms with Crippen LogP contribution in [0, 0.1) is 10.8 Å². The summed E-state index contributed by atoms with van der Waals surface area (Å²) in [7, 11) is 0. The molecule has 318 valence electrons. The fraction of sp³-hybridized carbons (Fsp3) is 0.581. The highest BCUT2D eigenvalue weighted by molar-refractivity contribution is 5.96. The average Bonchev–Trinajstić information content (AvgIpc) is 3.65. The number of hydrogen-bond donors (Lipinski definition) is 17. The van der Waals surface area contributed by atoms with Gasteiger partial charge in [-0.25, -0.2) is 9.78 Å². The van der Waals surface area contributed by atoms with Crippen molar-refractivity contribution in [2.24, 2.45) is 17.2 Å². The zero-order valence-electron chi connectivity index (χ0n) is 30.8. The number of hydrogen-bond acceptors (Lipinski definition) is 13. The number of guanidine groups is 2. The first kappa shape index (κ1) is 48.4. The van der Waals surface area contributed by atoms with Crippen molar-refractivity contribution < 1.29 is 58.8 Å². The van der Waals surface area contributed by atoms with Gasteiger partial charge in [-0.15, -0.1) is 0 Å². The molecule has 1 rings (SSSR count). The molecule has 0 aliphatic carbocycles. The van der Waals surface area contributed by atoms with Gasteiger partial charge in [-0.2, -0.15) is 0 Å². The van der Waals surface area contributed by atoms with E-state index < -0.39 is 116 Å². The van der Waals surface area contributed by atoms with Crippen molar-refractivity contribution in [2.45, 2.75) is 94.0 Å². The van der Waals surface area contributed by atoms with Crippen LogP contribution < -0.4 is 54.4 Å². The average molecular weight is 813 g/mol. The molecular formula is C31H52N14O12. The first-order valence-electron chi connectivity index (χ1n) is 17.5. The molecule has 20 N–H and O–H groups in total. The molecule has 26 nitrogen and oxygen atoms in total. The smallest absolute Gasteiger partial charge is 0.326 e. The molecule has 0 saturated heterocycles. The third-order valence-corrected chi connectivity index (χ3v) is 7.91. The van der Waals surface area contributed by atoms with Crippen LogP contribution >= 0.6 is 0 Å². The number of carboxylic acid groups (broad SMARTS) is 3. The van der Waals surface area contributed by atoms with Crippen LogP contribution in [-0.2, 0) is 44.8 Å². The molecule has 6 atom stereocenters. The number of aromatic nitrogens is 2. The molecule has 0 aromatic carbocycles. The Kier molecular flexibility index (Phi) is 21.7. The largest absolute Gasteiger partial charge is 0.481 e. The summed E-state index contributed by atoms with van der Waals surface area (Å²) < 4.78 is 0. The molecule has 0 bridgehead atoms. The van der Waals surface area contributed by atoms with Crippen molar-refractivity contribution in [3.63, 3.8) is 0 Å². The summed E-state index contributed by atoms with van der Waals surface area (Å²) in [5.74, 6) is -9.99. The maximum atomic E-state index is 13.8. The van der Waals surface area contributed by atoms with Gasteiger partial charge in [0, 0.05) is 38.5 Å². The number of aliphatic hydroxyl groups excluding tert-OH is 1. The fourth-order valence-corrected chi connectivity index (χ4v) is 4.93. The maximum absolute atomic E-state index is 13.8. The van der Waals surface area contributed by atoms with E-state index in [9.17, 15) is 58.8 Å². The lowest BCUT2D eigenvalue weighted by molar-refractivity contribution is -0.142. The Labute approximate surface area is 325 Å². The number of aliphatic carboxylic acids is 3. The van der Waals surface area contributed by atoms with E-state index in [0.29, 0.717) is 0 Å². The Bertz CT molecular complexity index is 1560. The third-order valence-electron chi connectivity index (χ3n) is 7.91. The minimum absolute atomic E-state index is 0.0572. The molecule has 0 unspecified atom stereocenters. The van der Waals surface area contributed by atoms with Crippen LogP contribution in [0.15, 0.2) is 12.5 Å². The first-order valence-corrected chi connectivity index (χ1v) is 17.5. The Morgan fingerprint density at radius 1 is 0.649 bits per heavy atom. The molecule has 0 aliphatic heterocycles. The van der Waals surface area contributed by atoms with E-state index in [0.717, 1.165) is 0 Å². The maximum Gasteiger partial charge on any atom is 0.326 e. The zero-order chi connectivity index (χ0) is 43.1. The molecule has 0 saturated carbocycles. The lowest BCUT2D eigenvalue weighted by atomic mass is 10.0. The molecule has 1 aromatic rings. The molecule has 0 fully saturated rings. The normalized spacial score (nSPS) is 13.9. The minimum atomic E-state index is -1.67.